The van der Waals surface area contributed by atoms with Gasteiger partial charge in [0.15, 0.2) is 11.5 Å². The molecule has 1 saturated heterocycles. The third-order valence-electron chi connectivity index (χ3n) is 7.19. The number of rotatable bonds is 9. The standard InChI is InChI=1S/C30H34N4O4/c1-36-26-15-22(16-27(37-2)28(26)38-3)29-32-25-10-9-23(17-24(25)30(35)33-29)31-18-20-11-13-34(14-12-20)19-21-7-5-4-6-8-21/h4-10,15-17,20,31H,11-14,18-19H2,1-3H3,(H,32,33,35). The Kier molecular flexibility index (Phi) is 7.79. The van der Waals surface area contributed by atoms with E-state index in [4.69, 9.17) is 19.2 Å². The van der Waals surface area contributed by atoms with E-state index < -0.39 is 0 Å². The van der Waals surface area contributed by atoms with Gasteiger partial charge in [-0.1, -0.05) is 30.3 Å². The number of aromatic amines is 1. The molecule has 2 heterocycles. The van der Waals surface area contributed by atoms with Crippen molar-refractivity contribution in [3.8, 4) is 28.6 Å². The SMILES string of the molecule is COc1cc(-c2nc3ccc(NCC4CCN(Cc5ccccc5)CC4)cc3c(=O)[nH]2)cc(OC)c1OC. The van der Waals surface area contributed by atoms with Crippen LogP contribution >= 0.6 is 0 Å². The summed E-state index contributed by atoms with van der Waals surface area (Å²) in [7, 11) is 4.66. The lowest BCUT2D eigenvalue weighted by atomic mass is 9.96. The van der Waals surface area contributed by atoms with E-state index in [2.05, 4.69) is 45.5 Å². The van der Waals surface area contributed by atoms with Crippen molar-refractivity contribution >= 4 is 16.6 Å². The minimum absolute atomic E-state index is 0.198. The molecule has 0 atom stereocenters. The third-order valence-corrected chi connectivity index (χ3v) is 7.19. The Labute approximate surface area is 222 Å². The van der Waals surface area contributed by atoms with Crippen molar-refractivity contribution in [3.63, 3.8) is 0 Å². The van der Waals surface area contributed by atoms with E-state index in [9.17, 15) is 4.79 Å². The van der Waals surface area contributed by atoms with Crippen LogP contribution in [0.1, 0.15) is 18.4 Å². The summed E-state index contributed by atoms with van der Waals surface area (Å²) >= 11 is 0. The number of benzene rings is 3. The molecular formula is C30H34N4O4. The average molecular weight is 515 g/mol. The highest BCUT2D eigenvalue weighted by atomic mass is 16.5. The molecule has 0 spiro atoms. The second-order valence-corrected chi connectivity index (χ2v) is 9.65. The second kappa shape index (κ2) is 11.6. The van der Waals surface area contributed by atoms with Gasteiger partial charge in [0.2, 0.25) is 5.75 Å². The van der Waals surface area contributed by atoms with Gasteiger partial charge in [0.1, 0.15) is 5.82 Å². The van der Waals surface area contributed by atoms with E-state index in [0.717, 1.165) is 44.7 Å². The molecule has 1 fully saturated rings. The number of H-pyrrole nitrogens is 1. The Morgan fingerprint density at radius 2 is 1.66 bits per heavy atom. The largest absolute Gasteiger partial charge is 0.493 e. The predicted octanol–water partition coefficient (Wildman–Crippen LogP) is 4.94. The maximum atomic E-state index is 13.0. The minimum atomic E-state index is -0.198. The van der Waals surface area contributed by atoms with Crippen LogP contribution in [0.4, 0.5) is 5.69 Å². The van der Waals surface area contributed by atoms with Gasteiger partial charge in [-0.15, -0.1) is 0 Å². The normalized spacial score (nSPS) is 14.4. The molecule has 198 valence electrons. The van der Waals surface area contributed by atoms with Crippen LogP contribution in [0.3, 0.4) is 0 Å². The molecule has 1 aliphatic rings. The van der Waals surface area contributed by atoms with E-state index in [1.807, 2.05) is 18.2 Å². The lowest BCUT2D eigenvalue weighted by Gasteiger charge is -2.32. The Morgan fingerprint density at radius 3 is 2.32 bits per heavy atom. The maximum absolute atomic E-state index is 13.0. The fraction of sp³-hybridized carbons (Fsp3) is 0.333. The summed E-state index contributed by atoms with van der Waals surface area (Å²) in [6.07, 6.45) is 2.32. The van der Waals surface area contributed by atoms with Crippen LogP contribution in [0.25, 0.3) is 22.3 Å². The van der Waals surface area contributed by atoms with Gasteiger partial charge in [-0.2, -0.15) is 0 Å². The highest BCUT2D eigenvalue weighted by Crippen LogP contribution is 2.40. The van der Waals surface area contributed by atoms with Gasteiger partial charge in [0, 0.05) is 24.3 Å². The summed E-state index contributed by atoms with van der Waals surface area (Å²) in [6.45, 7) is 4.11. The van der Waals surface area contributed by atoms with Crippen LogP contribution in [0, 0.1) is 5.92 Å². The number of likely N-dealkylation sites (tertiary alicyclic amines) is 1. The smallest absolute Gasteiger partial charge is 0.259 e. The Hall–Kier alpha value is -4.04. The molecule has 38 heavy (non-hydrogen) atoms. The van der Waals surface area contributed by atoms with E-state index in [1.54, 1.807) is 33.5 Å². The maximum Gasteiger partial charge on any atom is 0.259 e. The molecule has 8 heteroatoms. The van der Waals surface area contributed by atoms with Crippen molar-refractivity contribution < 1.29 is 14.2 Å². The summed E-state index contributed by atoms with van der Waals surface area (Å²) < 4.78 is 16.3. The number of ether oxygens (including phenoxy) is 3. The molecule has 8 nitrogen and oxygen atoms in total. The van der Waals surface area contributed by atoms with Gasteiger partial charge >= 0.3 is 0 Å². The van der Waals surface area contributed by atoms with Crippen molar-refractivity contribution in [2.75, 3.05) is 46.3 Å². The topological polar surface area (TPSA) is 88.7 Å². The Bertz CT molecular complexity index is 1420. The number of methoxy groups -OCH3 is 3. The van der Waals surface area contributed by atoms with Crippen molar-refractivity contribution in [2.24, 2.45) is 5.92 Å². The van der Waals surface area contributed by atoms with Crippen LogP contribution < -0.4 is 25.1 Å². The van der Waals surface area contributed by atoms with E-state index >= 15 is 0 Å². The Balaban J connectivity index is 1.26. The molecule has 0 aliphatic carbocycles. The number of aromatic nitrogens is 2. The average Bonchev–Trinajstić information content (AvgIpc) is 2.96. The molecule has 2 N–H and O–H groups in total. The molecule has 1 aromatic heterocycles. The summed E-state index contributed by atoms with van der Waals surface area (Å²) in [5, 5.41) is 4.09. The number of piperidine rings is 1. The summed E-state index contributed by atoms with van der Waals surface area (Å²) in [6, 6.07) is 19.9. The van der Waals surface area contributed by atoms with Crippen LogP contribution in [-0.4, -0.2) is 55.8 Å². The summed E-state index contributed by atoms with van der Waals surface area (Å²) in [5.41, 5.74) is 3.39. The summed E-state index contributed by atoms with van der Waals surface area (Å²) in [4.78, 5) is 23.2. The third kappa shape index (κ3) is 5.60. The molecule has 0 unspecified atom stereocenters. The molecule has 0 bridgehead atoms. The van der Waals surface area contributed by atoms with Crippen LogP contribution in [0.5, 0.6) is 17.2 Å². The van der Waals surface area contributed by atoms with Gasteiger partial charge in [0.05, 0.1) is 32.2 Å². The zero-order valence-electron chi connectivity index (χ0n) is 22.1. The number of nitrogens with one attached hydrogen (secondary N) is 2. The van der Waals surface area contributed by atoms with Crippen LogP contribution in [0.15, 0.2) is 65.5 Å². The quantitative estimate of drug-likeness (QED) is 0.327. The molecule has 3 aromatic carbocycles. The fourth-order valence-corrected chi connectivity index (χ4v) is 5.06. The van der Waals surface area contributed by atoms with Gasteiger partial charge in [-0.3, -0.25) is 9.69 Å². The number of hydrogen-bond donors (Lipinski definition) is 2. The highest BCUT2D eigenvalue weighted by molar-refractivity contribution is 5.83. The number of hydrogen-bond acceptors (Lipinski definition) is 7. The Morgan fingerprint density at radius 1 is 0.947 bits per heavy atom. The first kappa shape index (κ1) is 25.6. The van der Waals surface area contributed by atoms with E-state index in [1.165, 1.54) is 5.56 Å². The lowest BCUT2D eigenvalue weighted by molar-refractivity contribution is 0.182. The first-order valence-corrected chi connectivity index (χ1v) is 12.9. The van der Waals surface area contributed by atoms with Crippen molar-refractivity contribution in [3.05, 3.63) is 76.6 Å². The second-order valence-electron chi connectivity index (χ2n) is 9.65. The molecule has 0 saturated carbocycles. The van der Waals surface area contributed by atoms with Gasteiger partial charge < -0.3 is 24.5 Å². The van der Waals surface area contributed by atoms with Gasteiger partial charge in [-0.25, -0.2) is 4.98 Å². The number of nitrogens with zero attached hydrogens (tertiary/aromatic N) is 2. The molecule has 0 radical (unpaired) electrons. The minimum Gasteiger partial charge on any atom is -0.493 e. The van der Waals surface area contributed by atoms with Crippen LogP contribution in [0.2, 0.25) is 0 Å². The first-order valence-electron chi connectivity index (χ1n) is 12.9. The molecule has 5 rings (SSSR count). The van der Waals surface area contributed by atoms with Gasteiger partial charge in [-0.05, 0) is 67.7 Å². The van der Waals surface area contributed by atoms with Crippen molar-refractivity contribution in [2.45, 2.75) is 19.4 Å². The van der Waals surface area contributed by atoms with Crippen LogP contribution in [-0.2, 0) is 6.54 Å². The van der Waals surface area contributed by atoms with Crippen molar-refractivity contribution in [1.29, 1.82) is 0 Å². The monoisotopic (exact) mass is 514 g/mol. The molecule has 1 aliphatic heterocycles. The zero-order chi connectivity index (χ0) is 26.5. The zero-order valence-corrected chi connectivity index (χ0v) is 22.1. The van der Waals surface area contributed by atoms with Gasteiger partial charge in [0.25, 0.3) is 5.56 Å². The van der Waals surface area contributed by atoms with E-state index in [0.29, 0.717) is 45.5 Å². The molecule has 4 aromatic rings. The number of fused-ring (bicyclic) bond motifs is 1. The molecular weight excluding hydrogens is 480 g/mol. The summed E-state index contributed by atoms with van der Waals surface area (Å²) in [5.74, 6) is 2.52. The lowest BCUT2D eigenvalue weighted by Crippen LogP contribution is -2.35. The van der Waals surface area contributed by atoms with E-state index in [-0.39, 0.29) is 5.56 Å². The first-order chi connectivity index (χ1) is 18.6. The highest BCUT2D eigenvalue weighted by Gasteiger charge is 2.20. The molecule has 0 amide bonds. The predicted molar refractivity (Wildman–Crippen MR) is 150 cm³/mol. The van der Waals surface area contributed by atoms with Crippen molar-refractivity contribution in [1.82, 2.24) is 14.9 Å². The number of anilines is 1. The fourth-order valence-electron chi connectivity index (χ4n) is 5.06.